The summed E-state index contributed by atoms with van der Waals surface area (Å²) in [5, 5.41) is 4.83. The average molecular weight is 410 g/mol. The molecule has 5 nitrogen and oxygen atoms in total. The smallest absolute Gasteiger partial charge is 0.321 e. The van der Waals surface area contributed by atoms with Gasteiger partial charge in [-0.3, -0.25) is 10.1 Å². The highest BCUT2D eigenvalue weighted by Gasteiger charge is 2.08. The van der Waals surface area contributed by atoms with Crippen molar-refractivity contribution >= 4 is 34.5 Å². The van der Waals surface area contributed by atoms with Gasteiger partial charge >= 0.3 is 6.03 Å². The van der Waals surface area contributed by atoms with Crippen LogP contribution in [0.15, 0.2) is 54.6 Å². The van der Waals surface area contributed by atoms with Crippen molar-refractivity contribution in [1.29, 1.82) is 0 Å². The number of rotatable bonds is 5. The van der Waals surface area contributed by atoms with Crippen LogP contribution in [0.5, 0.6) is 5.75 Å². The molecule has 0 aliphatic carbocycles. The molecule has 0 saturated heterocycles. The van der Waals surface area contributed by atoms with Crippen molar-refractivity contribution in [2.75, 3.05) is 6.61 Å². The van der Waals surface area contributed by atoms with Crippen LogP contribution in [0.1, 0.15) is 5.56 Å². The maximum absolute atomic E-state index is 11.6. The van der Waals surface area contributed by atoms with E-state index in [-0.39, 0.29) is 6.61 Å². The Balaban J connectivity index is 1.71. The summed E-state index contributed by atoms with van der Waals surface area (Å²) in [5.74, 6) is 0.0937. The van der Waals surface area contributed by atoms with E-state index < -0.39 is 11.9 Å². The van der Waals surface area contributed by atoms with Crippen LogP contribution in [0.3, 0.4) is 0 Å². The second kappa shape index (κ2) is 8.38. The van der Waals surface area contributed by atoms with E-state index in [9.17, 15) is 9.59 Å². The fourth-order valence-corrected chi connectivity index (χ4v) is 2.21. The van der Waals surface area contributed by atoms with Gasteiger partial charge in [-0.2, -0.15) is 0 Å². The summed E-state index contributed by atoms with van der Waals surface area (Å²) in [7, 11) is 0. The number of carbonyl (C=O) groups excluding carboxylic acids is 2. The van der Waals surface area contributed by atoms with Crippen molar-refractivity contribution in [3.05, 3.63) is 63.7 Å². The van der Waals surface area contributed by atoms with Gasteiger partial charge in [0.2, 0.25) is 0 Å². The van der Waals surface area contributed by atoms with Crippen LogP contribution >= 0.6 is 22.6 Å². The summed E-state index contributed by atoms with van der Waals surface area (Å²) in [6, 6.07) is 16.2. The van der Waals surface area contributed by atoms with Gasteiger partial charge in [0.15, 0.2) is 6.61 Å². The van der Waals surface area contributed by atoms with E-state index in [4.69, 9.17) is 4.74 Å². The number of imide groups is 1. The van der Waals surface area contributed by atoms with Crippen molar-refractivity contribution < 1.29 is 14.3 Å². The Morgan fingerprint density at radius 3 is 2.55 bits per heavy atom. The molecule has 2 aromatic carbocycles. The first-order valence-electron chi connectivity index (χ1n) is 6.63. The zero-order valence-corrected chi connectivity index (χ0v) is 13.9. The van der Waals surface area contributed by atoms with E-state index in [1.165, 1.54) is 0 Å². The minimum Gasteiger partial charge on any atom is -0.484 e. The lowest BCUT2D eigenvalue weighted by molar-refractivity contribution is -0.122. The number of ether oxygens (including phenoxy) is 1. The molecule has 0 fully saturated rings. The van der Waals surface area contributed by atoms with Gasteiger partial charge in [0.1, 0.15) is 5.75 Å². The van der Waals surface area contributed by atoms with E-state index in [0.717, 1.165) is 9.13 Å². The number of benzene rings is 2. The van der Waals surface area contributed by atoms with Gasteiger partial charge < -0.3 is 10.1 Å². The third kappa shape index (κ3) is 5.72. The Kier molecular flexibility index (Phi) is 6.20. The molecule has 0 aliphatic heterocycles. The molecule has 22 heavy (non-hydrogen) atoms. The SMILES string of the molecule is O=C(COc1cccc(I)c1)NC(=O)NCc1ccccc1. The first-order valence-corrected chi connectivity index (χ1v) is 7.71. The fourth-order valence-electron chi connectivity index (χ4n) is 1.69. The zero-order chi connectivity index (χ0) is 15.8. The maximum Gasteiger partial charge on any atom is 0.321 e. The number of carbonyl (C=O) groups is 2. The number of nitrogens with one attached hydrogen (secondary N) is 2. The summed E-state index contributed by atoms with van der Waals surface area (Å²) < 4.78 is 6.33. The molecule has 2 N–H and O–H groups in total. The average Bonchev–Trinajstić information content (AvgIpc) is 2.52. The first-order chi connectivity index (χ1) is 10.6. The molecule has 0 aliphatic rings. The lowest BCUT2D eigenvalue weighted by Gasteiger charge is -2.08. The lowest BCUT2D eigenvalue weighted by Crippen LogP contribution is -2.41. The monoisotopic (exact) mass is 410 g/mol. The third-order valence-electron chi connectivity index (χ3n) is 2.71. The zero-order valence-electron chi connectivity index (χ0n) is 11.7. The van der Waals surface area contributed by atoms with Crippen LogP contribution in [0.25, 0.3) is 0 Å². The molecule has 3 amide bonds. The van der Waals surface area contributed by atoms with Crippen LogP contribution in [0.2, 0.25) is 0 Å². The number of hydrogen-bond acceptors (Lipinski definition) is 3. The summed E-state index contributed by atoms with van der Waals surface area (Å²) in [6.45, 7) is 0.149. The lowest BCUT2D eigenvalue weighted by atomic mass is 10.2. The summed E-state index contributed by atoms with van der Waals surface area (Å²) in [5.41, 5.74) is 0.959. The standard InChI is InChI=1S/C16H15IN2O3/c17-13-7-4-8-14(9-13)22-11-15(20)19-16(21)18-10-12-5-2-1-3-6-12/h1-9H,10-11H2,(H2,18,19,20,21). The molecule has 6 heteroatoms. The van der Waals surface area contributed by atoms with Gasteiger partial charge in [-0.15, -0.1) is 0 Å². The summed E-state index contributed by atoms with van der Waals surface area (Å²) >= 11 is 2.15. The highest BCUT2D eigenvalue weighted by Crippen LogP contribution is 2.14. The molecule has 0 aromatic heterocycles. The Labute approximate surface area is 142 Å². The van der Waals surface area contributed by atoms with Crippen molar-refractivity contribution in [3.8, 4) is 5.75 Å². The normalized spacial score (nSPS) is 9.86. The molecule has 0 bridgehead atoms. The van der Waals surface area contributed by atoms with E-state index >= 15 is 0 Å². The Morgan fingerprint density at radius 1 is 1.05 bits per heavy atom. The fraction of sp³-hybridized carbons (Fsp3) is 0.125. The quantitative estimate of drug-likeness (QED) is 0.746. The van der Waals surface area contributed by atoms with Gasteiger partial charge in [0.25, 0.3) is 5.91 Å². The number of urea groups is 1. The first kappa shape index (κ1) is 16.3. The molecular formula is C16H15IN2O3. The molecule has 2 rings (SSSR count). The minimum atomic E-state index is -0.542. The van der Waals surface area contributed by atoms with Crippen LogP contribution in [0.4, 0.5) is 4.79 Å². The number of amides is 3. The van der Waals surface area contributed by atoms with Gasteiger partial charge in [-0.1, -0.05) is 36.4 Å². The molecule has 0 heterocycles. The second-order valence-corrected chi connectivity index (χ2v) is 5.71. The van der Waals surface area contributed by atoms with E-state index in [2.05, 4.69) is 33.2 Å². The maximum atomic E-state index is 11.6. The van der Waals surface area contributed by atoms with Crippen molar-refractivity contribution in [2.24, 2.45) is 0 Å². The van der Waals surface area contributed by atoms with Gasteiger partial charge in [-0.05, 0) is 46.4 Å². The number of halogens is 1. The van der Waals surface area contributed by atoms with E-state index in [0.29, 0.717) is 12.3 Å². The highest BCUT2D eigenvalue weighted by atomic mass is 127. The van der Waals surface area contributed by atoms with E-state index in [1.807, 2.05) is 48.5 Å². The van der Waals surface area contributed by atoms with Gasteiger partial charge in [0.05, 0.1) is 0 Å². The molecule has 0 atom stereocenters. The van der Waals surface area contributed by atoms with Crippen LogP contribution < -0.4 is 15.4 Å². The molecule has 0 spiro atoms. The Bertz CT molecular complexity index is 647. The molecule has 0 saturated carbocycles. The summed E-state index contributed by atoms with van der Waals surface area (Å²) in [6.07, 6.45) is 0. The highest BCUT2D eigenvalue weighted by molar-refractivity contribution is 14.1. The van der Waals surface area contributed by atoms with Gasteiger partial charge in [0, 0.05) is 10.1 Å². The summed E-state index contributed by atoms with van der Waals surface area (Å²) in [4.78, 5) is 23.2. The van der Waals surface area contributed by atoms with Crippen LogP contribution in [-0.2, 0) is 11.3 Å². The molecule has 2 aromatic rings. The van der Waals surface area contributed by atoms with Crippen molar-refractivity contribution in [1.82, 2.24) is 10.6 Å². The molecule has 0 unspecified atom stereocenters. The van der Waals surface area contributed by atoms with Crippen LogP contribution in [0, 0.1) is 3.57 Å². The molecule has 0 radical (unpaired) electrons. The van der Waals surface area contributed by atoms with Gasteiger partial charge in [-0.25, -0.2) is 4.79 Å². The molecular weight excluding hydrogens is 395 g/mol. The largest absolute Gasteiger partial charge is 0.484 e. The second-order valence-electron chi connectivity index (χ2n) is 4.46. The van der Waals surface area contributed by atoms with Crippen molar-refractivity contribution in [2.45, 2.75) is 6.54 Å². The Morgan fingerprint density at radius 2 is 1.82 bits per heavy atom. The number of hydrogen-bond donors (Lipinski definition) is 2. The minimum absolute atomic E-state index is 0.209. The van der Waals surface area contributed by atoms with Crippen molar-refractivity contribution in [3.63, 3.8) is 0 Å². The topological polar surface area (TPSA) is 67.4 Å². The van der Waals surface area contributed by atoms with E-state index in [1.54, 1.807) is 6.07 Å². The predicted molar refractivity (Wildman–Crippen MR) is 91.5 cm³/mol. The third-order valence-corrected chi connectivity index (χ3v) is 3.39. The molecule has 114 valence electrons. The Hall–Kier alpha value is -2.09. The predicted octanol–water partition coefficient (Wildman–Crippen LogP) is 2.70. The van der Waals surface area contributed by atoms with Crippen LogP contribution in [-0.4, -0.2) is 18.5 Å².